The minimum absolute atomic E-state index is 0.0165. The highest BCUT2D eigenvalue weighted by Gasteiger charge is 2.39. The molecule has 4 rings (SSSR count). The maximum Gasteiger partial charge on any atom is 0.258 e. The number of halogens is 2. The van der Waals surface area contributed by atoms with Gasteiger partial charge in [-0.2, -0.15) is 5.10 Å². The fraction of sp³-hybridized carbons (Fsp3) is 0.130. The summed E-state index contributed by atoms with van der Waals surface area (Å²) >= 11 is 7.02. The summed E-state index contributed by atoms with van der Waals surface area (Å²) in [5, 5.41) is 6.16. The first-order valence-corrected chi connectivity index (χ1v) is 10.8. The standard InChI is InChI=1S/C23H19Br2N3O/c24-20-10-4-8-18(12-20)14-26-28-22(29)16-27(15-17-6-2-1-3-7-17)23(28)19-9-5-11-21(25)13-19/h1-14,23H,15-16H2/b26-14-/t23-/m1/s1. The fourth-order valence-electron chi connectivity index (χ4n) is 3.45. The molecule has 0 unspecified atom stereocenters. The molecule has 0 saturated carbocycles. The van der Waals surface area contributed by atoms with Crippen LogP contribution in [0.25, 0.3) is 0 Å². The molecule has 0 aromatic heterocycles. The van der Waals surface area contributed by atoms with Crippen LogP contribution in [0.4, 0.5) is 0 Å². The second-order valence-electron chi connectivity index (χ2n) is 6.86. The molecule has 1 amide bonds. The molecule has 4 nitrogen and oxygen atoms in total. The number of carbonyl (C=O) groups is 1. The lowest BCUT2D eigenvalue weighted by Crippen LogP contribution is -2.28. The van der Waals surface area contributed by atoms with Crippen molar-refractivity contribution in [3.8, 4) is 0 Å². The summed E-state index contributed by atoms with van der Waals surface area (Å²) in [6.45, 7) is 0.995. The Balaban J connectivity index is 1.67. The summed E-state index contributed by atoms with van der Waals surface area (Å²) in [6.07, 6.45) is 1.48. The summed E-state index contributed by atoms with van der Waals surface area (Å²) in [5.41, 5.74) is 3.12. The molecule has 0 radical (unpaired) electrons. The average molecular weight is 513 g/mol. The minimum Gasteiger partial charge on any atom is -0.271 e. The van der Waals surface area contributed by atoms with E-state index in [1.165, 1.54) is 0 Å². The van der Waals surface area contributed by atoms with Crippen molar-refractivity contribution in [1.29, 1.82) is 0 Å². The second-order valence-corrected chi connectivity index (χ2v) is 8.69. The molecule has 1 aliphatic heterocycles. The van der Waals surface area contributed by atoms with Crippen LogP contribution < -0.4 is 0 Å². The van der Waals surface area contributed by atoms with Crippen molar-refractivity contribution >= 4 is 44.0 Å². The van der Waals surface area contributed by atoms with Gasteiger partial charge in [-0.3, -0.25) is 9.69 Å². The predicted molar refractivity (Wildman–Crippen MR) is 122 cm³/mol. The first-order valence-electron chi connectivity index (χ1n) is 9.25. The number of benzene rings is 3. The van der Waals surface area contributed by atoms with Crippen molar-refractivity contribution in [2.24, 2.45) is 5.10 Å². The van der Waals surface area contributed by atoms with Crippen molar-refractivity contribution in [2.75, 3.05) is 6.54 Å². The van der Waals surface area contributed by atoms with Crippen LogP contribution in [0.1, 0.15) is 22.9 Å². The molecule has 6 heteroatoms. The third kappa shape index (κ3) is 4.83. The van der Waals surface area contributed by atoms with Crippen molar-refractivity contribution in [3.05, 3.63) is 104 Å². The highest BCUT2D eigenvalue weighted by Crippen LogP contribution is 2.33. The summed E-state index contributed by atoms with van der Waals surface area (Å²) in [5.74, 6) is -0.0165. The van der Waals surface area contributed by atoms with E-state index >= 15 is 0 Å². The van der Waals surface area contributed by atoms with E-state index < -0.39 is 0 Å². The zero-order valence-electron chi connectivity index (χ0n) is 15.6. The molecule has 146 valence electrons. The van der Waals surface area contributed by atoms with Crippen LogP contribution >= 0.6 is 31.9 Å². The largest absolute Gasteiger partial charge is 0.271 e. The van der Waals surface area contributed by atoms with Crippen LogP contribution in [-0.4, -0.2) is 28.6 Å². The number of rotatable bonds is 5. The maximum atomic E-state index is 12.9. The van der Waals surface area contributed by atoms with Gasteiger partial charge in [0.25, 0.3) is 5.91 Å². The normalized spacial score (nSPS) is 17.4. The molecular weight excluding hydrogens is 494 g/mol. The average Bonchev–Trinajstić information content (AvgIpc) is 3.02. The Morgan fingerprint density at radius 3 is 2.38 bits per heavy atom. The van der Waals surface area contributed by atoms with Gasteiger partial charge in [-0.15, -0.1) is 0 Å². The topological polar surface area (TPSA) is 35.9 Å². The Bertz CT molecular complexity index is 1040. The van der Waals surface area contributed by atoms with Crippen LogP contribution in [0.2, 0.25) is 0 Å². The van der Waals surface area contributed by atoms with Gasteiger partial charge in [-0.25, -0.2) is 5.01 Å². The van der Waals surface area contributed by atoms with E-state index in [4.69, 9.17) is 0 Å². The lowest BCUT2D eigenvalue weighted by molar-refractivity contribution is -0.128. The molecule has 0 aliphatic carbocycles. The minimum atomic E-state index is -0.261. The van der Waals surface area contributed by atoms with Gasteiger partial charge in [0.1, 0.15) is 6.17 Å². The molecule has 3 aromatic rings. The molecule has 1 fully saturated rings. The Morgan fingerprint density at radius 2 is 1.66 bits per heavy atom. The van der Waals surface area contributed by atoms with Gasteiger partial charge in [-0.1, -0.05) is 86.5 Å². The Hall–Kier alpha value is -2.28. The molecule has 1 saturated heterocycles. The van der Waals surface area contributed by atoms with E-state index in [0.29, 0.717) is 13.1 Å². The first-order chi connectivity index (χ1) is 14.1. The highest BCUT2D eigenvalue weighted by atomic mass is 79.9. The summed E-state index contributed by atoms with van der Waals surface area (Å²) in [7, 11) is 0. The van der Waals surface area contributed by atoms with Crippen LogP contribution in [-0.2, 0) is 11.3 Å². The quantitative estimate of drug-likeness (QED) is 0.418. The molecular formula is C23H19Br2N3O. The van der Waals surface area contributed by atoms with Crippen LogP contribution in [0.5, 0.6) is 0 Å². The van der Waals surface area contributed by atoms with Gasteiger partial charge in [0.2, 0.25) is 0 Å². The number of carbonyl (C=O) groups excluding carboxylic acids is 1. The van der Waals surface area contributed by atoms with E-state index in [-0.39, 0.29) is 12.1 Å². The van der Waals surface area contributed by atoms with Crippen molar-refractivity contribution in [1.82, 2.24) is 9.91 Å². The molecule has 0 N–H and O–H groups in total. The number of amides is 1. The zero-order valence-corrected chi connectivity index (χ0v) is 18.8. The van der Waals surface area contributed by atoms with Gasteiger partial charge in [-0.05, 0) is 41.0 Å². The number of hydrogen-bond donors (Lipinski definition) is 0. The van der Waals surface area contributed by atoms with E-state index in [9.17, 15) is 4.79 Å². The SMILES string of the molecule is O=C1CN(Cc2ccccc2)[C@@H](c2cccc(Br)c2)N1/N=C\c1cccc(Br)c1. The first kappa shape index (κ1) is 20.0. The third-order valence-corrected chi connectivity index (χ3v) is 5.71. The monoisotopic (exact) mass is 511 g/mol. The van der Waals surface area contributed by atoms with E-state index in [1.807, 2.05) is 66.7 Å². The zero-order chi connectivity index (χ0) is 20.2. The lowest BCUT2D eigenvalue weighted by Gasteiger charge is -2.27. The summed E-state index contributed by atoms with van der Waals surface area (Å²) < 4.78 is 1.95. The predicted octanol–water partition coefficient (Wildman–Crippen LogP) is 5.59. The number of hydrazone groups is 1. The van der Waals surface area contributed by atoms with Crippen LogP contribution in [0.3, 0.4) is 0 Å². The third-order valence-electron chi connectivity index (χ3n) is 4.73. The Morgan fingerprint density at radius 1 is 0.931 bits per heavy atom. The van der Waals surface area contributed by atoms with Crippen molar-refractivity contribution in [2.45, 2.75) is 12.7 Å². The fourth-order valence-corrected chi connectivity index (χ4v) is 4.28. The summed E-state index contributed by atoms with van der Waals surface area (Å²) in [4.78, 5) is 15.0. The van der Waals surface area contributed by atoms with Gasteiger partial charge >= 0.3 is 0 Å². The second kappa shape index (κ2) is 9.03. The van der Waals surface area contributed by atoms with Gasteiger partial charge < -0.3 is 0 Å². The molecule has 0 bridgehead atoms. The van der Waals surface area contributed by atoms with Gasteiger partial charge in [0.05, 0.1) is 12.8 Å². The number of hydrogen-bond acceptors (Lipinski definition) is 3. The van der Waals surface area contributed by atoms with Crippen LogP contribution in [0, 0.1) is 0 Å². The Labute approximate surface area is 187 Å². The summed E-state index contributed by atoms with van der Waals surface area (Å²) in [6, 6.07) is 26.1. The number of nitrogens with zero attached hydrogens (tertiary/aromatic N) is 3. The lowest BCUT2D eigenvalue weighted by atomic mass is 10.1. The van der Waals surface area contributed by atoms with E-state index in [0.717, 1.165) is 25.6 Å². The van der Waals surface area contributed by atoms with Crippen molar-refractivity contribution < 1.29 is 4.79 Å². The molecule has 1 atom stereocenters. The van der Waals surface area contributed by atoms with Gasteiger partial charge in [0, 0.05) is 15.5 Å². The molecule has 1 heterocycles. The van der Waals surface area contributed by atoms with E-state index in [1.54, 1.807) is 11.2 Å². The van der Waals surface area contributed by atoms with Crippen LogP contribution in [0.15, 0.2) is 92.9 Å². The smallest absolute Gasteiger partial charge is 0.258 e. The highest BCUT2D eigenvalue weighted by molar-refractivity contribution is 9.10. The molecule has 3 aromatic carbocycles. The van der Waals surface area contributed by atoms with Gasteiger partial charge in [0.15, 0.2) is 0 Å². The maximum absolute atomic E-state index is 12.9. The molecule has 0 spiro atoms. The molecule has 29 heavy (non-hydrogen) atoms. The van der Waals surface area contributed by atoms with Crippen molar-refractivity contribution in [3.63, 3.8) is 0 Å². The van der Waals surface area contributed by atoms with E-state index in [2.05, 4.69) is 54.0 Å². The molecule has 1 aliphatic rings. The Kier molecular flexibility index (Phi) is 6.23.